The molecule has 2 unspecified atom stereocenters. The molecule has 0 amide bonds. The molecule has 2 nitrogen and oxygen atoms in total. The first kappa shape index (κ1) is 16.0. The van der Waals surface area contributed by atoms with Gasteiger partial charge in [0.05, 0.1) is 12.2 Å². The number of hydrogen-bond donors (Lipinski definition) is 1. The van der Waals surface area contributed by atoms with Crippen LogP contribution in [0.1, 0.15) is 73.6 Å². The van der Waals surface area contributed by atoms with Crippen LogP contribution in [0.15, 0.2) is 0 Å². The first-order valence-electron chi connectivity index (χ1n) is 7.71. The zero-order valence-corrected chi connectivity index (χ0v) is 13.3. The van der Waals surface area contributed by atoms with Crippen molar-refractivity contribution in [2.45, 2.75) is 91.4 Å². The molecule has 1 N–H and O–H groups in total. The van der Waals surface area contributed by atoms with Crippen LogP contribution >= 0.6 is 0 Å². The highest BCUT2D eigenvalue weighted by atomic mass is 16.5. The molecule has 0 bridgehead atoms. The summed E-state index contributed by atoms with van der Waals surface area (Å²) in [5.41, 5.74) is 0.613. The van der Waals surface area contributed by atoms with Crippen LogP contribution in [-0.2, 0) is 4.74 Å². The van der Waals surface area contributed by atoms with Crippen LogP contribution in [0.2, 0.25) is 0 Å². The summed E-state index contributed by atoms with van der Waals surface area (Å²) in [6.07, 6.45) is 7.13. The molecular formula is C16H33NO. The molecule has 0 aromatic heterocycles. The summed E-state index contributed by atoms with van der Waals surface area (Å²) in [6, 6.07) is 0. The van der Waals surface area contributed by atoms with Gasteiger partial charge in [-0.15, -0.1) is 0 Å². The predicted octanol–water partition coefficient (Wildman–Crippen LogP) is 4.14. The molecule has 2 atom stereocenters. The van der Waals surface area contributed by atoms with E-state index in [9.17, 15) is 0 Å². The average Bonchev–Trinajstić information content (AvgIpc) is 2.69. The van der Waals surface area contributed by atoms with Crippen LogP contribution in [0.4, 0.5) is 0 Å². The summed E-state index contributed by atoms with van der Waals surface area (Å²) >= 11 is 0. The maximum Gasteiger partial charge on any atom is 0.0585 e. The molecule has 1 heterocycles. The van der Waals surface area contributed by atoms with Crippen LogP contribution < -0.4 is 5.32 Å². The Labute approximate surface area is 114 Å². The zero-order valence-electron chi connectivity index (χ0n) is 13.3. The third-order valence-electron chi connectivity index (χ3n) is 4.47. The number of hydrogen-bond acceptors (Lipinski definition) is 2. The first-order valence-corrected chi connectivity index (χ1v) is 7.71. The van der Waals surface area contributed by atoms with E-state index in [-0.39, 0.29) is 5.54 Å². The van der Waals surface area contributed by atoms with Crippen molar-refractivity contribution in [1.82, 2.24) is 5.32 Å². The molecule has 1 aliphatic rings. The van der Waals surface area contributed by atoms with Crippen molar-refractivity contribution in [2.75, 3.05) is 6.54 Å². The lowest BCUT2D eigenvalue weighted by Gasteiger charge is -2.37. The van der Waals surface area contributed by atoms with Crippen molar-refractivity contribution in [3.63, 3.8) is 0 Å². The van der Waals surface area contributed by atoms with Crippen LogP contribution in [-0.4, -0.2) is 24.3 Å². The summed E-state index contributed by atoms with van der Waals surface area (Å²) in [4.78, 5) is 0. The Balaban J connectivity index is 2.56. The Morgan fingerprint density at radius 3 is 2.11 bits per heavy atom. The van der Waals surface area contributed by atoms with E-state index in [1.54, 1.807) is 0 Å². The van der Waals surface area contributed by atoms with Crippen LogP contribution in [0.25, 0.3) is 0 Å². The predicted molar refractivity (Wildman–Crippen MR) is 79.0 cm³/mol. The van der Waals surface area contributed by atoms with E-state index < -0.39 is 0 Å². The molecule has 18 heavy (non-hydrogen) atoms. The van der Waals surface area contributed by atoms with Crippen molar-refractivity contribution in [3.05, 3.63) is 0 Å². The fourth-order valence-corrected chi connectivity index (χ4v) is 2.83. The van der Waals surface area contributed by atoms with E-state index in [1.165, 1.54) is 32.1 Å². The van der Waals surface area contributed by atoms with Crippen LogP contribution in [0.3, 0.4) is 0 Å². The highest BCUT2D eigenvalue weighted by Crippen LogP contribution is 2.36. The largest absolute Gasteiger partial charge is 0.375 e. The number of nitrogens with one attached hydrogen (secondary N) is 1. The third kappa shape index (κ3) is 4.89. The van der Waals surface area contributed by atoms with Gasteiger partial charge in [0, 0.05) is 12.1 Å². The molecule has 0 aliphatic carbocycles. The Morgan fingerprint density at radius 1 is 1.11 bits per heavy atom. The van der Waals surface area contributed by atoms with Crippen LogP contribution in [0.5, 0.6) is 0 Å². The van der Waals surface area contributed by atoms with Crippen LogP contribution in [0, 0.1) is 5.41 Å². The Bertz CT molecular complexity index is 240. The monoisotopic (exact) mass is 255 g/mol. The van der Waals surface area contributed by atoms with E-state index >= 15 is 0 Å². The molecule has 0 aromatic rings. The SMILES string of the molecule is CCC(CC)(CNC(C)(C)C)CC1CCC(C)O1. The Kier molecular flexibility index (Phi) is 5.67. The molecule has 2 heteroatoms. The highest BCUT2D eigenvalue weighted by molar-refractivity contribution is 4.87. The van der Waals surface area contributed by atoms with Gasteiger partial charge in [-0.1, -0.05) is 13.8 Å². The number of rotatable bonds is 6. The minimum absolute atomic E-state index is 0.208. The molecule has 0 saturated carbocycles. The van der Waals surface area contributed by atoms with Gasteiger partial charge in [0.2, 0.25) is 0 Å². The second-order valence-corrected chi connectivity index (χ2v) is 7.16. The lowest BCUT2D eigenvalue weighted by molar-refractivity contribution is 0.0173. The van der Waals surface area contributed by atoms with Crippen molar-refractivity contribution < 1.29 is 4.74 Å². The normalized spacial score (nSPS) is 25.7. The summed E-state index contributed by atoms with van der Waals surface area (Å²) in [5, 5.41) is 3.69. The molecule has 1 aliphatic heterocycles. The quantitative estimate of drug-likeness (QED) is 0.770. The minimum Gasteiger partial charge on any atom is -0.375 e. The van der Waals surface area contributed by atoms with Crippen molar-refractivity contribution in [2.24, 2.45) is 5.41 Å². The van der Waals surface area contributed by atoms with E-state index in [4.69, 9.17) is 4.74 Å². The molecule has 0 radical (unpaired) electrons. The standard InChI is InChI=1S/C16H33NO/c1-7-16(8-2,12-17-15(4,5)6)11-14-10-9-13(3)18-14/h13-14,17H,7-12H2,1-6H3. The molecule has 1 fully saturated rings. The highest BCUT2D eigenvalue weighted by Gasteiger charge is 2.34. The zero-order chi connectivity index (χ0) is 13.8. The molecule has 0 aromatic carbocycles. The summed E-state index contributed by atoms with van der Waals surface area (Å²) in [5.74, 6) is 0. The van der Waals surface area contributed by atoms with Gasteiger partial charge in [0.15, 0.2) is 0 Å². The van der Waals surface area contributed by atoms with E-state index in [0.29, 0.717) is 17.6 Å². The lowest BCUT2D eigenvalue weighted by atomic mass is 9.76. The van der Waals surface area contributed by atoms with Gasteiger partial charge in [-0.25, -0.2) is 0 Å². The molecule has 1 rings (SSSR count). The van der Waals surface area contributed by atoms with Crippen molar-refractivity contribution >= 4 is 0 Å². The maximum atomic E-state index is 6.02. The van der Waals surface area contributed by atoms with E-state index in [1.807, 2.05) is 0 Å². The van der Waals surface area contributed by atoms with Gasteiger partial charge in [0.1, 0.15) is 0 Å². The lowest BCUT2D eigenvalue weighted by Crippen LogP contribution is -2.44. The van der Waals surface area contributed by atoms with E-state index in [0.717, 1.165) is 6.54 Å². The Morgan fingerprint density at radius 2 is 1.72 bits per heavy atom. The summed E-state index contributed by atoms with van der Waals surface area (Å²) < 4.78 is 6.02. The Hall–Kier alpha value is -0.0800. The average molecular weight is 255 g/mol. The molecule has 108 valence electrons. The minimum atomic E-state index is 0.208. The second-order valence-electron chi connectivity index (χ2n) is 7.16. The van der Waals surface area contributed by atoms with Gasteiger partial charge in [-0.05, 0) is 65.2 Å². The fraction of sp³-hybridized carbons (Fsp3) is 1.00. The molecule has 0 spiro atoms. The summed E-state index contributed by atoms with van der Waals surface area (Å²) in [7, 11) is 0. The van der Waals surface area contributed by atoms with E-state index in [2.05, 4.69) is 46.9 Å². The molecule has 1 saturated heterocycles. The molecular weight excluding hydrogens is 222 g/mol. The van der Waals surface area contributed by atoms with Gasteiger partial charge in [-0.3, -0.25) is 0 Å². The van der Waals surface area contributed by atoms with Gasteiger partial charge in [-0.2, -0.15) is 0 Å². The fourth-order valence-electron chi connectivity index (χ4n) is 2.83. The van der Waals surface area contributed by atoms with Crippen molar-refractivity contribution in [1.29, 1.82) is 0 Å². The van der Waals surface area contributed by atoms with Gasteiger partial charge < -0.3 is 10.1 Å². The second kappa shape index (κ2) is 6.38. The third-order valence-corrected chi connectivity index (χ3v) is 4.47. The first-order chi connectivity index (χ1) is 8.30. The summed E-state index contributed by atoms with van der Waals surface area (Å²) in [6.45, 7) is 14.7. The van der Waals surface area contributed by atoms with Crippen molar-refractivity contribution in [3.8, 4) is 0 Å². The topological polar surface area (TPSA) is 21.3 Å². The van der Waals surface area contributed by atoms with Gasteiger partial charge >= 0.3 is 0 Å². The maximum absolute atomic E-state index is 6.02. The smallest absolute Gasteiger partial charge is 0.0585 e. The number of ether oxygens (including phenoxy) is 1. The van der Waals surface area contributed by atoms with Gasteiger partial charge in [0.25, 0.3) is 0 Å².